The third-order valence-corrected chi connectivity index (χ3v) is 7.21. The van der Waals surface area contributed by atoms with Crippen LogP contribution in [0.4, 0.5) is 5.69 Å². The van der Waals surface area contributed by atoms with Crippen molar-refractivity contribution in [2.75, 3.05) is 11.3 Å². The Hall–Kier alpha value is -2.87. The number of nitrogens with one attached hydrogen (secondary N) is 2. The first kappa shape index (κ1) is 23.8. The molecular formula is C24H31N3O4S. The average molecular weight is 458 g/mol. The SMILES string of the molecule is Cc1cc(C)c(S(=O)(=O)Nc2cccc(C(=O)N3CCC[C@H]3C(=O)NC(C)C)c2)cc1C. The second kappa shape index (κ2) is 9.32. The number of nitrogens with zero attached hydrogens (tertiary/aromatic N) is 1. The lowest BCUT2D eigenvalue weighted by Crippen LogP contribution is -2.47. The third-order valence-electron chi connectivity index (χ3n) is 5.69. The maximum atomic E-state index is 13.1. The Morgan fingerprint density at radius 2 is 1.72 bits per heavy atom. The van der Waals surface area contributed by atoms with Crippen molar-refractivity contribution < 1.29 is 18.0 Å². The molecule has 3 rings (SSSR count). The Labute approximate surface area is 190 Å². The summed E-state index contributed by atoms with van der Waals surface area (Å²) in [6.07, 6.45) is 1.36. The van der Waals surface area contributed by atoms with Crippen LogP contribution < -0.4 is 10.0 Å². The van der Waals surface area contributed by atoms with E-state index in [0.717, 1.165) is 17.5 Å². The molecule has 0 aliphatic carbocycles. The molecule has 172 valence electrons. The number of rotatable bonds is 6. The molecular weight excluding hydrogens is 426 g/mol. The second-order valence-electron chi connectivity index (χ2n) is 8.71. The molecule has 0 radical (unpaired) electrons. The van der Waals surface area contributed by atoms with Crippen molar-refractivity contribution in [3.05, 3.63) is 58.7 Å². The number of hydrogen-bond donors (Lipinski definition) is 2. The lowest BCUT2D eigenvalue weighted by Gasteiger charge is -2.25. The monoisotopic (exact) mass is 457 g/mol. The molecule has 0 saturated carbocycles. The number of sulfonamides is 1. The minimum atomic E-state index is -3.82. The number of benzene rings is 2. The van der Waals surface area contributed by atoms with Gasteiger partial charge in [-0.05, 0) is 88.4 Å². The van der Waals surface area contributed by atoms with Crippen molar-refractivity contribution in [3.8, 4) is 0 Å². The minimum Gasteiger partial charge on any atom is -0.352 e. The van der Waals surface area contributed by atoms with Crippen LogP contribution in [0.3, 0.4) is 0 Å². The lowest BCUT2D eigenvalue weighted by molar-refractivity contribution is -0.125. The second-order valence-corrected chi connectivity index (χ2v) is 10.4. The number of carbonyl (C=O) groups excluding carboxylic acids is 2. The van der Waals surface area contributed by atoms with E-state index in [4.69, 9.17) is 0 Å². The van der Waals surface area contributed by atoms with E-state index in [1.54, 1.807) is 36.1 Å². The molecule has 1 saturated heterocycles. The highest BCUT2D eigenvalue weighted by atomic mass is 32.2. The quantitative estimate of drug-likeness (QED) is 0.694. The standard InChI is InChI=1S/C24H31N3O4S/c1-15(2)25-23(28)21-10-7-11-27(21)24(29)19-8-6-9-20(14-19)26-32(30,31)22-13-17(4)16(3)12-18(22)5/h6,8-9,12-15,21,26H,7,10-11H2,1-5H3,(H,25,28)/t21-/m0/s1. The Kier molecular flexibility index (Phi) is 6.93. The average Bonchev–Trinajstić information content (AvgIpc) is 3.19. The van der Waals surface area contributed by atoms with Crippen molar-refractivity contribution >= 4 is 27.5 Å². The van der Waals surface area contributed by atoms with Crippen molar-refractivity contribution in [1.82, 2.24) is 10.2 Å². The smallest absolute Gasteiger partial charge is 0.262 e. The fourth-order valence-corrected chi connectivity index (χ4v) is 5.34. The van der Waals surface area contributed by atoms with E-state index in [9.17, 15) is 18.0 Å². The van der Waals surface area contributed by atoms with Crippen molar-refractivity contribution in [2.45, 2.75) is 64.4 Å². The van der Waals surface area contributed by atoms with Gasteiger partial charge in [-0.2, -0.15) is 0 Å². The summed E-state index contributed by atoms with van der Waals surface area (Å²) in [5, 5.41) is 2.87. The summed E-state index contributed by atoms with van der Waals surface area (Å²) in [4.78, 5) is 27.4. The van der Waals surface area contributed by atoms with E-state index in [-0.39, 0.29) is 22.8 Å². The summed E-state index contributed by atoms with van der Waals surface area (Å²) in [6, 6.07) is 9.39. The summed E-state index contributed by atoms with van der Waals surface area (Å²) in [5.41, 5.74) is 3.21. The van der Waals surface area contributed by atoms with E-state index in [1.807, 2.05) is 33.8 Å². The molecule has 1 aliphatic heterocycles. The van der Waals surface area contributed by atoms with Crippen molar-refractivity contribution in [3.63, 3.8) is 0 Å². The van der Waals surface area contributed by atoms with Crippen LogP contribution >= 0.6 is 0 Å². The first-order valence-electron chi connectivity index (χ1n) is 10.8. The zero-order valence-electron chi connectivity index (χ0n) is 19.2. The summed E-state index contributed by atoms with van der Waals surface area (Å²) < 4.78 is 28.6. The van der Waals surface area contributed by atoms with E-state index in [2.05, 4.69) is 10.0 Å². The van der Waals surface area contributed by atoms with Gasteiger partial charge in [-0.3, -0.25) is 14.3 Å². The molecule has 1 fully saturated rings. The van der Waals surface area contributed by atoms with Crippen LogP contribution in [0.5, 0.6) is 0 Å². The summed E-state index contributed by atoms with van der Waals surface area (Å²) in [6.45, 7) is 9.82. The summed E-state index contributed by atoms with van der Waals surface area (Å²) in [5.74, 6) is -0.442. The van der Waals surface area contributed by atoms with Crippen LogP contribution in [-0.4, -0.2) is 43.8 Å². The maximum Gasteiger partial charge on any atom is 0.262 e. The zero-order chi connectivity index (χ0) is 23.6. The zero-order valence-corrected chi connectivity index (χ0v) is 20.0. The van der Waals surface area contributed by atoms with Gasteiger partial charge in [-0.1, -0.05) is 12.1 Å². The van der Waals surface area contributed by atoms with Crippen LogP contribution in [0.2, 0.25) is 0 Å². The number of anilines is 1. The molecule has 2 amide bonds. The maximum absolute atomic E-state index is 13.1. The Morgan fingerprint density at radius 1 is 1.03 bits per heavy atom. The van der Waals surface area contributed by atoms with Crippen molar-refractivity contribution in [2.24, 2.45) is 0 Å². The largest absolute Gasteiger partial charge is 0.352 e. The van der Waals surface area contributed by atoms with Gasteiger partial charge in [0.25, 0.3) is 15.9 Å². The Balaban J connectivity index is 1.83. The van der Waals surface area contributed by atoms with Gasteiger partial charge in [-0.15, -0.1) is 0 Å². The fourth-order valence-electron chi connectivity index (χ4n) is 3.98. The van der Waals surface area contributed by atoms with Gasteiger partial charge in [0.05, 0.1) is 4.90 Å². The van der Waals surface area contributed by atoms with Gasteiger partial charge in [0.2, 0.25) is 5.91 Å². The molecule has 2 aromatic carbocycles. The first-order valence-corrected chi connectivity index (χ1v) is 12.3. The van der Waals surface area contributed by atoms with Crippen LogP contribution in [0, 0.1) is 20.8 Å². The highest BCUT2D eigenvalue weighted by Crippen LogP contribution is 2.25. The van der Waals surface area contributed by atoms with Crippen LogP contribution in [0.25, 0.3) is 0 Å². The van der Waals surface area contributed by atoms with Crippen LogP contribution in [0.15, 0.2) is 41.3 Å². The molecule has 7 nitrogen and oxygen atoms in total. The van der Waals surface area contributed by atoms with E-state index in [0.29, 0.717) is 29.8 Å². The number of carbonyl (C=O) groups is 2. The lowest BCUT2D eigenvalue weighted by atomic mass is 10.1. The Bertz CT molecular complexity index is 1140. The molecule has 32 heavy (non-hydrogen) atoms. The van der Waals surface area contributed by atoms with Gasteiger partial charge in [0.15, 0.2) is 0 Å². The molecule has 0 unspecified atom stereocenters. The van der Waals surface area contributed by atoms with Gasteiger partial charge in [0, 0.05) is 23.8 Å². The molecule has 1 heterocycles. The summed E-state index contributed by atoms with van der Waals surface area (Å²) >= 11 is 0. The number of aryl methyl sites for hydroxylation is 3. The van der Waals surface area contributed by atoms with Crippen molar-refractivity contribution in [1.29, 1.82) is 0 Å². The number of likely N-dealkylation sites (tertiary alicyclic amines) is 1. The van der Waals surface area contributed by atoms with Gasteiger partial charge in [0.1, 0.15) is 6.04 Å². The molecule has 2 aromatic rings. The first-order chi connectivity index (χ1) is 15.0. The number of amides is 2. The van der Waals surface area contributed by atoms with Gasteiger partial charge in [-0.25, -0.2) is 8.42 Å². The molecule has 8 heteroatoms. The summed E-state index contributed by atoms with van der Waals surface area (Å²) in [7, 11) is -3.82. The fraction of sp³-hybridized carbons (Fsp3) is 0.417. The molecule has 0 aromatic heterocycles. The molecule has 0 bridgehead atoms. The minimum absolute atomic E-state index is 0.00773. The molecule has 2 N–H and O–H groups in total. The highest BCUT2D eigenvalue weighted by Gasteiger charge is 2.34. The normalized spacial score (nSPS) is 16.3. The van der Waals surface area contributed by atoms with Crippen LogP contribution in [-0.2, 0) is 14.8 Å². The van der Waals surface area contributed by atoms with E-state index >= 15 is 0 Å². The molecule has 0 spiro atoms. The van der Waals surface area contributed by atoms with Crippen LogP contribution in [0.1, 0.15) is 53.7 Å². The van der Waals surface area contributed by atoms with E-state index in [1.165, 1.54) is 6.07 Å². The Morgan fingerprint density at radius 3 is 2.41 bits per heavy atom. The number of hydrogen-bond acceptors (Lipinski definition) is 4. The van der Waals surface area contributed by atoms with Gasteiger partial charge < -0.3 is 10.2 Å². The molecule has 1 atom stereocenters. The molecule has 1 aliphatic rings. The van der Waals surface area contributed by atoms with Gasteiger partial charge >= 0.3 is 0 Å². The highest BCUT2D eigenvalue weighted by molar-refractivity contribution is 7.92. The van der Waals surface area contributed by atoms with E-state index < -0.39 is 16.1 Å². The predicted molar refractivity (Wildman–Crippen MR) is 125 cm³/mol. The predicted octanol–water partition coefficient (Wildman–Crippen LogP) is 3.54. The third kappa shape index (κ3) is 5.12. The topological polar surface area (TPSA) is 95.6 Å².